The summed E-state index contributed by atoms with van der Waals surface area (Å²) < 4.78 is 10.5. The average molecular weight is 340 g/mol. The van der Waals surface area contributed by atoms with Crippen molar-refractivity contribution in [2.45, 2.75) is 18.9 Å². The molecular formula is C16H18ClNO5. The lowest BCUT2D eigenvalue weighted by Crippen LogP contribution is -2.37. The number of hydrogen-bond donors (Lipinski definition) is 2. The number of carbonyl (C=O) groups excluding carboxylic acids is 1. The lowest BCUT2D eigenvalue weighted by molar-refractivity contribution is -0.139. The number of amides is 1. The molecule has 2 N–H and O–H groups in total. The van der Waals surface area contributed by atoms with Gasteiger partial charge in [-0.3, -0.25) is 4.79 Å². The molecule has 0 unspecified atom stereocenters. The molecule has 0 spiro atoms. The van der Waals surface area contributed by atoms with Gasteiger partial charge < -0.3 is 19.9 Å². The molecule has 1 heterocycles. The lowest BCUT2D eigenvalue weighted by atomic mass is 9.93. The molecule has 1 fully saturated rings. The first-order valence-electron chi connectivity index (χ1n) is 7.20. The first-order chi connectivity index (χ1) is 11.0. The normalized spacial score (nSPS) is 20.6. The minimum absolute atomic E-state index is 0.162. The Kier molecular flexibility index (Phi) is 6.01. The Morgan fingerprint density at radius 2 is 2.30 bits per heavy atom. The average Bonchev–Trinajstić information content (AvgIpc) is 2.53. The highest BCUT2D eigenvalue weighted by molar-refractivity contribution is 6.32. The maximum Gasteiger partial charge on any atom is 0.341 e. The fraction of sp³-hybridized carbons (Fsp3) is 0.375. The number of benzene rings is 1. The number of carboxylic acid groups (broad SMARTS) is 1. The Balaban J connectivity index is 2.02. The van der Waals surface area contributed by atoms with Crippen LogP contribution in [-0.2, 0) is 14.3 Å². The number of carbonyl (C=O) groups is 2. The summed E-state index contributed by atoms with van der Waals surface area (Å²) in [6.45, 7) is 3.84. The van der Waals surface area contributed by atoms with Crippen molar-refractivity contribution in [1.82, 2.24) is 0 Å². The Labute approximate surface area is 139 Å². The van der Waals surface area contributed by atoms with Gasteiger partial charge in [-0.15, -0.1) is 6.58 Å². The van der Waals surface area contributed by atoms with E-state index in [-0.39, 0.29) is 28.7 Å². The number of nitrogens with one attached hydrogen (secondary N) is 1. The smallest absolute Gasteiger partial charge is 0.341 e. The first kappa shape index (κ1) is 17.3. The summed E-state index contributed by atoms with van der Waals surface area (Å²) in [4.78, 5) is 22.8. The fourth-order valence-electron chi connectivity index (χ4n) is 2.39. The van der Waals surface area contributed by atoms with Crippen molar-refractivity contribution >= 4 is 29.2 Å². The molecule has 0 aliphatic carbocycles. The van der Waals surface area contributed by atoms with Crippen molar-refractivity contribution in [1.29, 1.82) is 0 Å². The highest BCUT2D eigenvalue weighted by atomic mass is 35.5. The van der Waals surface area contributed by atoms with Crippen LogP contribution in [0.5, 0.6) is 5.75 Å². The van der Waals surface area contributed by atoms with Crippen LogP contribution < -0.4 is 10.1 Å². The van der Waals surface area contributed by atoms with Crippen LogP contribution in [0.15, 0.2) is 30.9 Å². The molecule has 0 radical (unpaired) electrons. The largest absolute Gasteiger partial charge is 0.480 e. The van der Waals surface area contributed by atoms with Gasteiger partial charge in [0.2, 0.25) is 5.91 Å². The van der Waals surface area contributed by atoms with E-state index in [2.05, 4.69) is 11.9 Å². The first-order valence-corrected chi connectivity index (χ1v) is 7.58. The molecule has 6 nitrogen and oxygen atoms in total. The molecule has 1 amide bonds. The monoisotopic (exact) mass is 339 g/mol. The molecular weight excluding hydrogens is 322 g/mol. The Morgan fingerprint density at radius 3 is 2.96 bits per heavy atom. The second kappa shape index (κ2) is 7.99. The second-order valence-corrected chi connectivity index (χ2v) is 5.54. The van der Waals surface area contributed by atoms with E-state index in [0.717, 1.165) is 12.8 Å². The van der Waals surface area contributed by atoms with Crippen LogP contribution in [0.3, 0.4) is 0 Å². The standard InChI is InChI=1S/C16H18ClNO5/c1-2-13-11(4-3-7-22-13)16(21)18-10-5-6-14(12(17)8-10)23-9-15(19)20/h2,5-6,8,11,13H,1,3-4,7,9H2,(H,18,21)(H,19,20)/t11-,13+/m1/s1. The van der Waals surface area contributed by atoms with Crippen molar-refractivity contribution in [3.8, 4) is 5.75 Å². The van der Waals surface area contributed by atoms with Gasteiger partial charge in [0.1, 0.15) is 5.75 Å². The van der Waals surface area contributed by atoms with Gasteiger partial charge in [0.25, 0.3) is 0 Å². The summed E-state index contributed by atoms with van der Waals surface area (Å²) in [5.74, 6) is -1.30. The maximum atomic E-state index is 12.4. The predicted molar refractivity (Wildman–Crippen MR) is 85.9 cm³/mol. The molecule has 1 aliphatic rings. The maximum absolute atomic E-state index is 12.4. The van der Waals surface area contributed by atoms with Crippen molar-refractivity contribution in [3.63, 3.8) is 0 Å². The number of hydrogen-bond acceptors (Lipinski definition) is 4. The van der Waals surface area contributed by atoms with Gasteiger partial charge in [0.05, 0.1) is 17.0 Å². The van der Waals surface area contributed by atoms with E-state index in [1.54, 1.807) is 12.1 Å². The topological polar surface area (TPSA) is 84.9 Å². The van der Waals surface area contributed by atoms with Gasteiger partial charge in [-0.2, -0.15) is 0 Å². The minimum Gasteiger partial charge on any atom is -0.480 e. The number of halogens is 1. The summed E-state index contributed by atoms with van der Waals surface area (Å²) >= 11 is 6.03. The molecule has 23 heavy (non-hydrogen) atoms. The second-order valence-electron chi connectivity index (χ2n) is 5.14. The van der Waals surface area contributed by atoms with E-state index < -0.39 is 12.6 Å². The van der Waals surface area contributed by atoms with Gasteiger partial charge in [-0.1, -0.05) is 17.7 Å². The number of anilines is 1. The quantitative estimate of drug-likeness (QED) is 0.778. The van der Waals surface area contributed by atoms with Crippen LogP contribution in [0, 0.1) is 5.92 Å². The highest BCUT2D eigenvalue weighted by Crippen LogP contribution is 2.29. The Morgan fingerprint density at radius 1 is 1.52 bits per heavy atom. The van der Waals surface area contributed by atoms with Crippen LogP contribution in [-0.4, -0.2) is 36.3 Å². The Hall–Kier alpha value is -2.05. The van der Waals surface area contributed by atoms with E-state index in [1.165, 1.54) is 12.1 Å². The third-order valence-electron chi connectivity index (χ3n) is 3.49. The van der Waals surface area contributed by atoms with Crippen molar-refractivity contribution in [3.05, 3.63) is 35.9 Å². The third-order valence-corrected chi connectivity index (χ3v) is 3.78. The zero-order valence-corrected chi connectivity index (χ0v) is 13.2. The van der Waals surface area contributed by atoms with Gasteiger partial charge in [0.15, 0.2) is 6.61 Å². The number of rotatable bonds is 6. The third kappa shape index (κ3) is 4.71. The van der Waals surface area contributed by atoms with Gasteiger partial charge >= 0.3 is 5.97 Å². The molecule has 0 saturated carbocycles. The van der Waals surface area contributed by atoms with E-state index in [0.29, 0.717) is 12.3 Å². The number of ether oxygens (including phenoxy) is 2. The number of aliphatic carboxylic acids is 1. The zero-order valence-electron chi connectivity index (χ0n) is 12.5. The molecule has 1 aromatic carbocycles. The molecule has 0 bridgehead atoms. The highest BCUT2D eigenvalue weighted by Gasteiger charge is 2.29. The van der Waals surface area contributed by atoms with Crippen molar-refractivity contribution < 1.29 is 24.2 Å². The molecule has 1 saturated heterocycles. The van der Waals surface area contributed by atoms with Crippen molar-refractivity contribution in [2.75, 3.05) is 18.5 Å². The van der Waals surface area contributed by atoms with Crippen molar-refractivity contribution in [2.24, 2.45) is 5.92 Å². The molecule has 124 valence electrons. The van der Waals surface area contributed by atoms with Crippen LogP contribution in [0.4, 0.5) is 5.69 Å². The predicted octanol–water partition coefficient (Wildman–Crippen LogP) is 2.72. The van der Waals surface area contributed by atoms with Crippen LogP contribution >= 0.6 is 11.6 Å². The van der Waals surface area contributed by atoms with Crippen LogP contribution in [0.25, 0.3) is 0 Å². The molecule has 1 aliphatic heterocycles. The molecule has 1 aromatic rings. The summed E-state index contributed by atoms with van der Waals surface area (Å²) in [6, 6.07) is 4.64. The minimum atomic E-state index is -1.09. The van der Waals surface area contributed by atoms with E-state index in [4.69, 9.17) is 26.2 Å². The summed E-state index contributed by atoms with van der Waals surface area (Å²) in [5, 5.41) is 11.6. The summed E-state index contributed by atoms with van der Waals surface area (Å²) in [5.41, 5.74) is 0.510. The summed E-state index contributed by atoms with van der Waals surface area (Å²) in [7, 11) is 0. The fourth-order valence-corrected chi connectivity index (χ4v) is 2.62. The molecule has 7 heteroatoms. The van der Waals surface area contributed by atoms with Gasteiger partial charge in [0, 0.05) is 12.3 Å². The van der Waals surface area contributed by atoms with Gasteiger partial charge in [-0.05, 0) is 31.0 Å². The molecule has 2 rings (SSSR count). The zero-order chi connectivity index (χ0) is 16.8. The lowest BCUT2D eigenvalue weighted by Gasteiger charge is -2.28. The molecule has 0 aromatic heterocycles. The SMILES string of the molecule is C=C[C@@H]1OCCC[C@H]1C(=O)Nc1ccc(OCC(=O)O)c(Cl)c1. The van der Waals surface area contributed by atoms with E-state index in [1.807, 2.05) is 0 Å². The number of carboxylic acids is 1. The van der Waals surface area contributed by atoms with Gasteiger partial charge in [-0.25, -0.2) is 4.79 Å². The van der Waals surface area contributed by atoms with Crippen LogP contribution in [0.1, 0.15) is 12.8 Å². The molecule has 2 atom stereocenters. The van der Waals surface area contributed by atoms with E-state index in [9.17, 15) is 9.59 Å². The summed E-state index contributed by atoms with van der Waals surface area (Å²) in [6.07, 6.45) is 2.90. The van der Waals surface area contributed by atoms with E-state index >= 15 is 0 Å². The Bertz CT molecular complexity index is 604. The van der Waals surface area contributed by atoms with Crippen LogP contribution in [0.2, 0.25) is 5.02 Å².